The van der Waals surface area contributed by atoms with Crippen molar-refractivity contribution in [2.75, 3.05) is 13.2 Å². The summed E-state index contributed by atoms with van der Waals surface area (Å²) in [5.74, 6) is -0.553. The van der Waals surface area contributed by atoms with Crippen LogP contribution in [0.25, 0.3) is 0 Å². The predicted molar refractivity (Wildman–Crippen MR) is 65.4 cm³/mol. The molecule has 4 nitrogen and oxygen atoms in total. The van der Waals surface area contributed by atoms with Crippen molar-refractivity contribution >= 4 is 11.9 Å². The SMILES string of the molecule is CC(C)COC(=O)C(C)(C)C(=O)OCC(C)C. The van der Waals surface area contributed by atoms with Crippen LogP contribution >= 0.6 is 0 Å². The molecule has 0 radical (unpaired) electrons. The van der Waals surface area contributed by atoms with Crippen LogP contribution in [0.4, 0.5) is 0 Å². The van der Waals surface area contributed by atoms with Crippen molar-refractivity contribution in [2.45, 2.75) is 41.5 Å². The Balaban J connectivity index is 4.33. The molecule has 0 aliphatic heterocycles. The molecule has 0 aromatic heterocycles. The van der Waals surface area contributed by atoms with Gasteiger partial charge in [0.05, 0.1) is 13.2 Å². The van der Waals surface area contributed by atoms with Crippen LogP contribution in [-0.4, -0.2) is 25.2 Å². The summed E-state index contributed by atoms with van der Waals surface area (Å²) in [5.41, 5.74) is -1.23. The van der Waals surface area contributed by atoms with E-state index in [1.165, 1.54) is 13.8 Å². The van der Waals surface area contributed by atoms with Crippen molar-refractivity contribution in [3.8, 4) is 0 Å². The molecule has 0 aliphatic rings. The Morgan fingerprint density at radius 3 is 1.41 bits per heavy atom. The van der Waals surface area contributed by atoms with E-state index in [1.807, 2.05) is 27.7 Å². The molecule has 0 N–H and O–H groups in total. The first kappa shape index (κ1) is 15.9. The smallest absolute Gasteiger partial charge is 0.322 e. The van der Waals surface area contributed by atoms with E-state index in [1.54, 1.807) is 0 Å². The quantitative estimate of drug-likeness (QED) is 0.532. The zero-order valence-electron chi connectivity index (χ0n) is 11.7. The van der Waals surface area contributed by atoms with E-state index >= 15 is 0 Å². The molecule has 0 spiro atoms. The van der Waals surface area contributed by atoms with Gasteiger partial charge in [0.15, 0.2) is 5.41 Å². The van der Waals surface area contributed by atoms with Gasteiger partial charge in [-0.2, -0.15) is 0 Å². The Bertz CT molecular complexity index is 241. The summed E-state index contributed by atoms with van der Waals surface area (Å²) in [6.45, 7) is 11.5. The highest BCUT2D eigenvalue weighted by Gasteiger charge is 2.39. The van der Waals surface area contributed by atoms with Gasteiger partial charge in [-0.3, -0.25) is 9.59 Å². The lowest BCUT2D eigenvalue weighted by molar-refractivity contribution is -0.171. The number of ether oxygens (including phenoxy) is 2. The normalized spacial score (nSPS) is 11.8. The average molecular weight is 244 g/mol. The monoisotopic (exact) mass is 244 g/mol. The number of rotatable bonds is 6. The van der Waals surface area contributed by atoms with Crippen LogP contribution < -0.4 is 0 Å². The van der Waals surface area contributed by atoms with Gasteiger partial charge in [0, 0.05) is 0 Å². The van der Waals surface area contributed by atoms with Gasteiger partial charge in [-0.05, 0) is 25.7 Å². The number of hydrogen-bond donors (Lipinski definition) is 0. The largest absolute Gasteiger partial charge is 0.465 e. The molecule has 0 rings (SSSR count). The van der Waals surface area contributed by atoms with E-state index < -0.39 is 17.4 Å². The van der Waals surface area contributed by atoms with Crippen LogP contribution in [0.3, 0.4) is 0 Å². The fraction of sp³-hybridized carbons (Fsp3) is 0.846. The molecule has 0 saturated heterocycles. The van der Waals surface area contributed by atoms with Gasteiger partial charge >= 0.3 is 11.9 Å². The summed E-state index contributed by atoms with van der Waals surface area (Å²) in [4.78, 5) is 23.5. The first-order chi connectivity index (χ1) is 7.67. The molecular weight excluding hydrogens is 220 g/mol. The number of esters is 2. The third-order valence-corrected chi connectivity index (χ3v) is 2.12. The highest BCUT2D eigenvalue weighted by molar-refractivity contribution is 5.99. The Kier molecular flexibility index (Phi) is 6.21. The molecular formula is C13H24O4. The standard InChI is InChI=1S/C13H24O4/c1-9(2)7-16-11(14)13(5,6)12(15)17-8-10(3)4/h9-10H,7-8H2,1-6H3. The number of hydrogen-bond acceptors (Lipinski definition) is 4. The van der Waals surface area contributed by atoms with Crippen molar-refractivity contribution in [2.24, 2.45) is 17.3 Å². The van der Waals surface area contributed by atoms with Crippen molar-refractivity contribution in [3.63, 3.8) is 0 Å². The average Bonchev–Trinajstić information content (AvgIpc) is 2.21. The number of carbonyl (C=O) groups excluding carboxylic acids is 2. The molecule has 0 aromatic rings. The van der Waals surface area contributed by atoms with Gasteiger partial charge < -0.3 is 9.47 Å². The molecule has 0 unspecified atom stereocenters. The lowest BCUT2D eigenvalue weighted by atomic mass is 9.94. The number of carbonyl (C=O) groups is 2. The maximum atomic E-state index is 11.7. The predicted octanol–water partition coefficient (Wildman–Crippen LogP) is 2.41. The lowest BCUT2D eigenvalue weighted by Crippen LogP contribution is -2.37. The molecule has 17 heavy (non-hydrogen) atoms. The van der Waals surface area contributed by atoms with E-state index in [2.05, 4.69) is 0 Å². The molecule has 0 aliphatic carbocycles. The van der Waals surface area contributed by atoms with Gasteiger partial charge in [-0.15, -0.1) is 0 Å². The molecule has 100 valence electrons. The van der Waals surface area contributed by atoms with Gasteiger partial charge in [0.25, 0.3) is 0 Å². The van der Waals surface area contributed by atoms with Crippen LogP contribution in [0.1, 0.15) is 41.5 Å². The van der Waals surface area contributed by atoms with Gasteiger partial charge in [-0.25, -0.2) is 0 Å². The topological polar surface area (TPSA) is 52.6 Å². The molecule has 0 amide bonds. The molecule has 0 bridgehead atoms. The Labute approximate surface area is 104 Å². The van der Waals surface area contributed by atoms with E-state index in [9.17, 15) is 9.59 Å². The summed E-state index contributed by atoms with van der Waals surface area (Å²) < 4.78 is 10.1. The van der Waals surface area contributed by atoms with Crippen LogP contribution in [0, 0.1) is 17.3 Å². The Morgan fingerprint density at radius 2 is 1.18 bits per heavy atom. The van der Waals surface area contributed by atoms with Crippen molar-refractivity contribution < 1.29 is 19.1 Å². The van der Waals surface area contributed by atoms with Crippen LogP contribution in [0.2, 0.25) is 0 Å². The Morgan fingerprint density at radius 1 is 0.882 bits per heavy atom. The third kappa shape index (κ3) is 5.71. The molecule has 0 aromatic carbocycles. The third-order valence-electron chi connectivity index (χ3n) is 2.12. The minimum Gasteiger partial charge on any atom is -0.465 e. The van der Waals surface area contributed by atoms with Crippen molar-refractivity contribution in [3.05, 3.63) is 0 Å². The second-order valence-corrected chi connectivity index (χ2v) is 5.61. The van der Waals surface area contributed by atoms with Crippen molar-refractivity contribution in [1.82, 2.24) is 0 Å². The van der Waals surface area contributed by atoms with E-state index in [0.29, 0.717) is 13.2 Å². The summed E-state index contributed by atoms with van der Waals surface area (Å²) >= 11 is 0. The van der Waals surface area contributed by atoms with E-state index in [4.69, 9.17) is 9.47 Å². The lowest BCUT2D eigenvalue weighted by Gasteiger charge is -2.22. The minimum absolute atomic E-state index is 0.251. The van der Waals surface area contributed by atoms with Gasteiger partial charge in [-0.1, -0.05) is 27.7 Å². The van der Waals surface area contributed by atoms with E-state index in [-0.39, 0.29) is 11.8 Å². The van der Waals surface area contributed by atoms with Crippen LogP contribution in [0.15, 0.2) is 0 Å². The fourth-order valence-electron chi connectivity index (χ4n) is 0.929. The van der Waals surface area contributed by atoms with Gasteiger partial charge in [0.2, 0.25) is 0 Å². The molecule has 0 fully saturated rings. The second-order valence-electron chi connectivity index (χ2n) is 5.61. The maximum absolute atomic E-state index is 11.7. The summed E-state index contributed by atoms with van der Waals surface area (Å²) in [7, 11) is 0. The first-order valence-corrected chi connectivity index (χ1v) is 6.02. The van der Waals surface area contributed by atoms with Crippen LogP contribution in [-0.2, 0) is 19.1 Å². The molecule has 4 heteroatoms. The summed E-state index contributed by atoms with van der Waals surface area (Å²) in [6.07, 6.45) is 0. The highest BCUT2D eigenvalue weighted by atomic mass is 16.6. The summed E-state index contributed by atoms with van der Waals surface area (Å²) in [6, 6.07) is 0. The molecule has 0 saturated carbocycles. The zero-order valence-corrected chi connectivity index (χ0v) is 11.7. The second kappa shape index (κ2) is 6.62. The summed E-state index contributed by atoms with van der Waals surface area (Å²) in [5, 5.41) is 0. The maximum Gasteiger partial charge on any atom is 0.322 e. The fourth-order valence-corrected chi connectivity index (χ4v) is 0.929. The zero-order chi connectivity index (χ0) is 13.6. The van der Waals surface area contributed by atoms with Gasteiger partial charge in [0.1, 0.15) is 0 Å². The van der Waals surface area contributed by atoms with E-state index in [0.717, 1.165) is 0 Å². The highest BCUT2D eigenvalue weighted by Crippen LogP contribution is 2.20. The molecule has 0 atom stereocenters. The Hall–Kier alpha value is -1.06. The van der Waals surface area contributed by atoms with Crippen LogP contribution in [0.5, 0.6) is 0 Å². The molecule has 0 heterocycles. The minimum atomic E-state index is -1.23. The first-order valence-electron chi connectivity index (χ1n) is 6.02. The van der Waals surface area contributed by atoms with Crippen molar-refractivity contribution in [1.29, 1.82) is 0 Å².